The molecule has 3 aliphatic heterocycles. The molecule has 0 saturated carbocycles. The van der Waals surface area contributed by atoms with Gasteiger partial charge in [-0.25, -0.2) is 4.99 Å². The average molecular weight is 729 g/mol. The molecule has 0 amide bonds. The third-order valence-electron chi connectivity index (χ3n) is 12.1. The molecular weight excluding hydrogens is 681 g/mol. The summed E-state index contributed by atoms with van der Waals surface area (Å²) in [7, 11) is 0. The van der Waals surface area contributed by atoms with Gasteiger partial charge in [0.1, 0.15) is 0 Å². The van der Waals surface area contributed by atoms with Crippen LogP contribution in [0.1, 0.15) is 86.6 Å². The molecule has 6 aromatic rings. The Labute approximate surface area is 330 Å². The third-order valence-corrected chi connectivity index (χ3v) is 12.1. The van der Waals surface area contributed by atoms with Gasteiger partial charge in [-0.15, -0.1) is 0 Å². The van der Waals surface area contributed by atoms with Crippen LogP contribution in [0.5, 0.6) is 0 Å². The van der Waals surface area contributed by atoms with Crippen molar-refractivity contribution in [2.45, 2.75) is 52.4 Å². The number of aromatic amines is 2. The van der Waals surface area contributed by atoms with Crippen LogP contribution < -0.4 is 0 Å². The molecule has 8 bridgehead atoms. The van der Waals surface area contributed by atoms with Crippen LogP contribution in [0.15, 0.2) is 191 Å². The molecular formula is C52H48N4. The van der Waals surface area contributed by atoms with Gasteiger partial charge in [0, 0.05) is 33.9 Å². The van der Waals surface area contributed by atoms with E-state index in [1.54, 1.807) is 0 Å². The number of nitrogens with zero attached hydrogens (tertiary/aromatic N) is 2. The number of nitrogens with one attached hydrogen (secondary N) is 2. The third kappa shape index (κ3) is 5.34. The Kier molecular flexibility index (Phi) is 8.35. The molecule has 0 radical (unpaired) electrons. The highest BCUT2D eigenvalue weighted by atomic mass is 14.9. The highest BCUT2D eigenvalue weighted by Gasteiger charge is 2.53. The minimum Gasteiger partial charge on any atom is -0.360 e. The van der Waals surface area contributed by atoms with Gasteiger partial charge in [0.25, 0.3) is 0 Å². The number of allylic oxidation sites excluding steroid dienone is 5. The molecule has 0 aliphatic carbocycles. The molecule has 4 heteroatoms. The molecule has 4 nitrogen and oxygen atoms in total. The fourth-order valence-corrected chi connectivity index (χ4v) is 9.76. The lowest BCUT2D eigenvalue weighted by molar-refractivity contribution is 0.260. The summed E-state index contributed by atoms with van der Waals surface area (Å²) in [6.07, 6.45) is 8.76. The van der Waals surface area contributed by atoms with E-state index in [2.05, 4.69) is 221 Å². The lowest BCUT2D eigenvalue weighted by atomic mass is 9.58. The maximum Gasteiger partial charge on any atom is 0.0822 e. The number of aliphatic imine (C=N–C) groups is 2. The van der Waals surface area contributed by atoms with Crippen LogP contribution in [0.2, 0.25) is 0 Å². The van der Waals surface area contributed by atoms with E-state index in [9.17, 15) is 0 Å². The molecule has 56 heavy (non-hydrogen) atoms. The number of hydrogen-bond acceptors (Lipinski definition) is 2. The fraction of sp³-hybridized carbons (Fsp3) is 0.192. The number of H-pyrrole nitrogens is 2. The van der Waals surface area contributed by atoms with Gasteiger partial charge in [0.05, 0.1) is 33.6 Å². The van der Waals surface area contributed by atoms with Gasteiger partial charge >= 0.3 is 0 Å². The summed E-state index contributed by atoms with van der Waals surface area (Å²) in [6.45, 7) is 14.1. The summed E-state index contributed by atoms with van der Waals surface area (Å²) >= 11 is 0. The molecule has 9 rings (SSSR count). The Bertz CT molecular complexity index is 2610. The monoisotopic (exact) mass is 728 g/mol. The van der Waals surface area contributed by atoms with Crippen molar-refractivity contribution < 1.29 is 0 Å². The van der Waals surface area contributed by atoms with Gasteiger partial charge in [-0.2, -0.15) is 0 Å². The molecule has 4 aromatic carbocycles. The molecule has 2 N–H and O–H groups in total. The second-order valence-electron chi connectivity index (χ2n) is 17.2. The molecule has 0 spiro atoms. The quantitative estimate of drug-likeness (QED) is 0.182. The molecule has 0 unspecified atom stereocenters. The van der Waals surface area contributed by atoms with Crippen LogP contribution in [-0.2, 0) is 10.8 Å². The zero-order valence-corrected chi connectivity index (χ0v) is 33.1. The van der Waals surface area contributed by atoms with E-state index in [0.29, 0.717) is 0 Å². The van der Waals surface area contributed by atoms with E-state index >= 15 is 0 Å². The Balaban J connectivity index is 1.45. The summed E-state index contributed by atoms with van der Waals surface area (Å²) in [5.41, 5.74) is 12.8. The average Bonchev–Trinajstić information content (AvgIpc) is 4.04. The minimum absolute atomic E-state index is 0.287. The molecule has 2 aromatic heterocycles. The normalized spacial score (nSPS) is 23.3. The van der Waals surface area contributed by atoms with E-state index in [4.69, 9.17) is 9.98 Å². The first-order chi connectivity index (χ1) is 27.0. The predicted octanol–water partition coefficient (Wildman–Crippen LogP) is 12.3. The maximum atomic E-state index is 5.68. The second kappa shape index (κ2) is 13.2. The Morgan fingerprint density at radius 1 is 0.411 bits per heavy atom. The number of benzene rings is 4. The summed E-state index contributed by atoms with van der Waals surface area (Å²) in [6, 6.07) is 52.3. The van der Waals surface area contributed by atoms with Crippen molar-refractivity contribution in [2.75, 3.05) is 0 Å². The van der Waals surface area contributed by atoms with Crippen molar-refractivity contribution >= 4 is 22.6 Å². The molecule has 2 atom stereocenters. The van der Waals surface area contributed by atoms with Crippen molar-refractivity contribution in [1.82, 2.24) is 9.97 Å². The first-order valence-corrected chi connectivity index (χ1v) is 19.7. The van der Waals surface area contributed by atoms with Crippen LogP contribution in [0.3, 0.4) is 0 Å². The smallest absolute Gasteiger partial charge is 0.0822 e. The number of rotatable bonds is 4. The Hall–Kier alpha value is -6.26. The van der Waals surface area contributed by atoms with E-state index in [-0.39, 0.29) is 10.8 Å². The van der Waals surface area contributed by atoms with Gasteiger partial charge in [0.15, 0.2) is 0 Å². The van der Waals surface area contributed by atoms with Crippen LogP contribution >= 0.6 is 0 Å². The van der Waals surface area contributed by atoms with Crippen molar-refractivity contribution in [3.63, 3.8) is 0 Å². The largest absolute Gasteiger partial charge is 0.360 e. The van der Waals surface area contributed by atoms with E-state index in [1.165, 1.54) is 11.1 Å². The van der Waals surface area contributed by atoms with Crippen molar-refractivity contribution in [2.24, 2.45) is 20.8 Å². The Morgan fingerprint density at radius 3 is 1.43 bits per heavy atom. The van der Waals surface area contributed by atoms with Gasteiger partial charge < -0.3 is 9.97 Å². The van der Waals surface area contributed by atoms with Crippen molar-refractivity contribution in [1.29, 1.82) is 0 Å². The van der Waals surface area contributed by atoms with Crippen LogP contribution in [0.25, 0.3) is 11.1 Å². The first-order valence-electron chi connectivity index (χ1n) is 19.7. The van der Waals surface area contributed by atoms with Gasteiger partial charge in [-0.3, -0.25) is 4.99 Å². The fourth-order valence-electron chi connectivity index (χ4n) is 9.76. The maximum absolute atomic E-state index is 5.68. The molecule has 0 saturated heterocycles. The molecule has 5 heterocycles. The van der Waals surface area contributed by atoms with Crippen LogP contribution in [0, 0.1) is 10.8 Å². The standard InChI is InChI=1S/C52H48N4/c1-49(2,3)51(37-23-15-9-16-24-37)43-31-29-41(54-43)47(35-19-11-7-12-20-35)39-27-28-40(53-39)48(36-21-13-8-14-22-36)42-30-32-44(55-42)52(50(4,5)6,38-25-17-10-18-26-38)46-34-33-45(51)56-46/h7-34,54,56H,1-6H3/b47-39-,48-42-/t51-,52-/m0/s1. The highest BCUT2D eigenvalue weighted by Crippen LogP contribution is 2.55. The van der Waals surface area contributed by atoms with E-state index < -0.39 is 10.8 Å². The summed E-state index contributed by atoms with van der Waals surface area (Å²) in [5, 5.41) is 0. The van der Waals surface area contributed by atoms with E-state index in [0.717, 1.165) is 67.9 Å². The predicted molar refractivity (Wildman–Crippen MR) is 233 cm³/mol. The molecule has 276 valence electrons. The zero-order valence-electron chi connectivity index (χ0n) is 33.1. The van der Waals surface area contributed by atoms with E-state index in [1.807, 2.05) is 0 Å². The number of hydrogen-bond donors (Lipinski definition) is 2. The summed E-state index contributed by atoms with van der Waals surface area (Å²) in [4.78, 5) is 19.4. The van der Waals surface area contributed by atoms with Gasteiger partial charge in [-0.1, -0.05) is 163 Å². The van der Waals surface area contributed by atoms with Gasteiger partial charge in [-0.05, 0) is 81.7 Å². The number of fused-ring (bicyclic) bond motifs is 6. The lowest BCUT2D eigenvalue weighted by Gasteiger charge is -2.46. The summed E-state index contributed by atoms with van der Waals surface area (Å²) in [5.74, 6) is 0. The van der Waals surface area contributed by atoms with Crippen LogP contribution in [-0.4, -0.2) is 21.4 Å². The lowest BCUT2D eigenvalue weighted by Crippen LogP contribution is -2.48. The number of aromatic nitrogens is 2. The minimum atomic E-state index is -0.649. The zero-order chi connectivity index (χ0) is 38.7. The Morgan fingerprint density at radius 2 is 0.857 bits per heavy atom. The molecule has 0 fully saturated rings. The first kappa shape index (κ1) is 35.4. The molecule has 3 aliphatic rings. The van der Waals surface area contributed by atoms with Gasteiger partial charge in [0.2, 0.25) is 0 Å². The highest BCUT2D eigenvalue weighted by molar-refractivity contribution is 6.32. The van der Waals surface area contributed by atoms with Crippen molar-refractivity contribution in [3.05, 3.63) is 226 Å². The summed E-state index contributed by atoms with van der Waals surface area (Å²) < 4.78 is 0. The van der Waals surface area contributed by atoms with Crippen molar-refractivity contribution in [3.8, 4) is 0 Å². The topological polar surface area (TPSA) is 56.3 Å². The van der Waals surface area contributed by atoms with Crippen LogP contribution in [0.4, 0.5) is 0 Å². The SMILES string of the molecule is CC(C)(C)[C@@]1(c2ccccc2)C2=N/C(=C(/c3ccccc3)C3=N/C(=C(/c4ccccc4)c4ccc([nH]4)[C@](c4ccccc4)(C(C)(C)C)c4ccc1[nH]4)C=C3)C=C2. The second-order valence-corrected chi connectivity index (χ2v) is 17.2.